The molecule has 0 bridgehead atoms. The number of hydrogen-bond acceptors (Lipinski definition) is 5. The first-order valence-corrected chi connectivity index (χ1v) is 7.92. The molecule has 1 aliphatic heterocycles. The first-order chi connectivity index (χ1) is 10.7. The molecular weight excluding hydrogens is 336 g/mol. The van der Waals surface area contributed by atoms with Gasteiger partial charge in [0.2, 0.25) is 5.96 Å². The van der Waals surface area contributed by atoms with Crippen LogP contribution in [0.2, 0.25) is 0 Å². The van der Waals surface area contributed by atoms with E-state index >= 15 is 0 Å². The Labute approximate surface area is 134 Å². The van der Waals surface area contributed by atoms with Crippen molar-refractivity contribution < 1.29 is 22.4 Å². The summed E-state index contributed by atoms with van der Waals surface area (Å²) >= 11 is 1.30. The average Bonchev–Trinajstić information content (AvgIpc) is 2.82. The largest absolute Gasteiger partial charge is 0.349 e. The van der Waals surface area contributed by atoms with Crippen LogP contribution in [0.1, 0.15) is 12.0 Å². The number of nitrogens with one attached hydrogen (secondary N) is 1. The van der Waals surface area contributed by atoms with Crippen molar-refractivity contribution in [3.8, 4) is 0 Å². The fourth-order valence-corrected chi connectivity index (χ4v) is 2.74. The highest BCUT2D eigenvalue weighted by Gasteiger charge is 2.50. The van der Waals surface area contributed by atoms with Crippen LogP contribution >= 0.6 is 11.8 Å². The second kappa shape index (κ2) is 6.34. The molecule has 1 aliphatic rings. The quantitative estimate of drug-likeness (QED) is 0.663. The van der Waals surface area contributed by atoms with Gasteiger partial charge in [0.1, 0.15) is 0 Å². The lowest BCUT2D eigenvalue weighted by Gasteiger charge is -2.24. The van der Waals surface area contributed by atoms with Gasteiger partial charge in [0.15, 0.2) is 17.2 Å². The summed E-state index contributed by atoms with van der Waals surface area (Å²) in [5, 5.41) is 2.37. The summed E-state index contributed by atoms with van der Waals surface area (Å²) in [6.45, 7) is 0. The first-order valence-electron chi connectivity index (χ1n) is 6.52. The number of aromatic nitrogens is 1. The normalized spacial score (nSPS) is 20.5. The van der Waals surface area contributed by atoms with Crippen LogP contribution in [0.25, 0.3) is 0 Å². The molecule has 10 heteroatoms. The molecule has 0 unspecified atom stereocenters. The molecule has 126 valence electrons. The van der Waals surface area contributed by atoms with Crippen molar-refractivity contribution in [2.24, 2.45) is 4.99 Å². The molecule has 1 amide bonds. The molecule has 2 heterocycles. The zero-order valence-electron chi connectivity index (χ0n) is 12.6. The van der Waals surface area contributed by atoms with Crippen LogP contribution < -0.4 is 5.32 Å². The molecule has 1 atom stereocenters. The summed E-state index contributed by atoms with van der Waals surface area (Å²) in [6.07, 6.45) is 1.59. The third kappa shape index (κ3) is 2.87. The van der Waals surface area contributed by atoms with Crippen LogP contribution in [0.5, 0.6) is 0 Å². The lowest BCUT2D eigenvalue weighted by atomic mass is 9.87. The maximum Gasteiger partial charge on any atom is 0.259 e. The predicted octanol–water partition coefficient (Wildman–Crippen LogP) is 1.63. The smallest absolute Gasteiger partial charge is 0.259 e. The summed E-state index contributed by atoms with van der Waals surface area (Å²) in [7, 11) is 3.12. The summed E-state index contributed by atoms with van der Waals surface area (Å²) in [4.78, 5) is 20.4. The highest BCUT2D eigenvalue weighted by molar-refractivity contribution is 7.98. The Balaban J connectivity index is 2.73. The van der Waals surface area contributed by atoms with Gasteiger partial charge in [-0.25, -0.2) is 13.8 Å². The minimum Gasteiger partial charge on any atom is -0.349 e. The van der Waals surface area contributed by atoms with E-state index in [9.17, 15) is 22.4 Å². The van der Waals surface area contributed by atoms with Crippen LogP contribution in [0.15, 0.2) is 4.99 Å². The molecule has 0 saturated heterocycles. The Hall–Kier alpha value is -1.84. The van der Waals surface area contributed by atoms with Crippen molar-refractivity contribution in [1.82, 2.24) is 15.2 Å². The fraction of sp³-hybridized carbons (Fsp3) is 0.462. The van der Waals surface area contributed by atoms with Gasteiger partial charge in [0.25, 0.3) is 17.8 Å². The van der Waals surface area contributed by atoms with Crippen molar-refractivity contribution in [3.05, 3.63) is 29.1 Å². The Morgan fingerprint density at radius 2 is 1.74 bits per heavy atom. The summed E-state index contributed by atoms with van der Waals surface area (Å²) in [6, 6.07) is 0. The second-order valence-electron chi connectivity index (χ2n) is 5.08. The van der Waals surface area contributed by atoms with E-state index < -0.39 is 40.5 Å². The van der Waals surface area contributed by atoms with Crippen molar-refractivity contribution in [3.63, 3.8) is 0 Å². The van der Waals surface area contributed by atoms with E-state index in [4.69, 9.17) is 0 Å². The minimum atomic E-state index is -2.08. The molecule has 1 aromatic heterocycles. The Morgan fingerprint density at radius 3 is 2.17 bits per heavy atom. The van der Waals surface area contributed by atoms with Crippen molar-refractivity contribution in [2.75, 3.05) is 26.1 Å². The molecular formula is C13H14F4N4OS. The molecule has 1 aromatic rings. The van der Waals surface area contributed by atoms with E-state index in [0.29, 0.717) is 5.75 Å². The molecule has 0 saturated carbocycles. The highest BCUT2D eigenvalue weighted by Crippen LogP contribution is 2.38. The molecule has 0 fully saturated rings. The van der Waals surface area contributed by atoms with Crippen LogP contribution in [0, 0.1) is 23.5 Å². The van der Waals surface area contributed by atoms with Gasteiger partial charge >= 0.3 is 0 Å². The summed E-state index contributed by atoms with van der Waals surface area (Å²) in [5.74, 6) is -7.58. The number of rotatable bonds is 4. The number of hydrogen-bond donors (Lipinski definition) is 1. The Kier molecular flexibility index (Phi) is 4.83. The molecule has 1 N–H and O–H groups in total. The average molecular weight is 350 g/mol. The highest BCUT2D eigenvalue weighted by atomic mass is 32.2. The Morgan fingerprint density at radius 1 is 1.17 bits per heavy atom. The number of aliphatic imine (C=N–C) groups is 1. The van der Waals surface area contributed by atoms with E-state index in [-0.39, 0.29) is 12.4 Å². The molecule has 5 nitrogen and oxygen atoms in total. The van der Waals surface area contributed by atoms with E-state index in [2.05, 4.69) is 15.3 Å². The van der Waals surface area contributed by atoms with Crippen LogP contribution in [-0.2, 0) is 10.3 Å². The standard InChI is InChI=1S/C13H14F4N4OS/c1-21(2)12-19-11(22)13(20-12,4-5-23-3)6-7(14)9(16)18-10(17)8(6)15/h4-5H2,1-3H3,(H,19,20,22)/t13-/m0/s1. The third-order valence-electron chi connectivity index (χ3n) is 3.40. The van der Waals surface area contributed by atoms with Crippen LogP contribution in [0.3, 0.4) is 0 Å². The zero-order valence-corrected chi connectivity index (χ0v) is 13.4. The SMILES string of the molecule is CSCC[C@@]1(c2c(F)c(F)nc(F)c2F)N=C(N(C)C)NC1=O. The van der Waals surface area contributed by atoms with Gasteiger partial charge in [-0.15, -0.1) is 0 Å². The number of pyridine rings is 1. The number of amides is 1. The van der Waals surface area contributed by atoms with Gasteiger partial charge < -0.3 is 4.90 Å². The van der Waals surface area contributed by atoms with Crippen LogP contribution in [-0.4, -0.2) is 47.9 Å². The van der Waals surface area contributed by atoms with E-state index in [0.717, 1.165) is 0 Å². The number of guanidine groups is 1. The van der Waals surface area contributed by atoms with Gasteiger partial charge in [-0.2, -0.15) is 25.5 Å². The predicted molar refractivity (Wildman–Crippen MR) is 78.0 cm³/mol. The van der Waals surface area contributed by atoms with Gasteiger partial charge in [-0.05, 0) is 18.4 Å². The van der Waals surface area contributed by atoms with Crippen molar-refractivity contribution in [2.45, 2.75) is 12.0 Å². The fourth-order valence-electron chi connectivity index (χ4n) is 2.24. The summed E-state index contributed by atoms with van der Waals surface area (Å²) < 4.78 is 55.2. The topological polar surface area (TPSA) is 57.6 Å². The maximum atomic E-state index is 14.2. The van der Waals surface area contributed by atoms with E-state index in [1.165, 1.54) is 16.7 Å². The number of thioether (sulfide) groups is 1. The third-order valence-corrected chi connectivity index (χ3v) is 4.01. The number of nitrogens with zero attached hydrogens (tertiary/aromatic N) is 3. The molecule has 0 radical (unpaired) electrons. The summed E-state index contributed by atoms with van der Waals surface area (Å²) in [5.41, 5.74) is -3.15. The zero-order chi connectivity index (χ0) is 17.4. The number of carbonyl (C=O) groups excluding carboxylic acids is 1. The number of halogens is 4. The van der Waals surface area contributed by atoms with Gasteiger partial charge in [0.05, 0.1) is 5.56 Å². The van der Waals surface area contributed by atoms with Gasteiger partial charge in [-0.3, -0.25) is 10.1 Å². The second-order valence-corrected chi connectivity index (χ2v) is 6.07. The van der Waals surface area contributed by atoms with E-state index in [1.54, 1.807) is 20.4 Å². The minimum absolute atomic E-state index is 0.0486. The molecule has 2 rings (SSSR count). The monoisotopic (exact) mass is 350 g/mol. The Bertz CT molecular complexity index is 656. The lowest BCUT2D eigenvalue weighted by molar-refractivity contribution is -0.124. The van der Waals surface area contributed by atoms with Crippen LogP contribution in [0.4, 0.5) is 17.6 Å². The maximum absolute atomic E-state index is 14.2. The first kappa shape index (κ1) is 17.5. The van der Waals surface area contributed by atoms with Gasteiger partial charge in [-0.1, -0.05) is 0 Å². The van der Waals surface area contributed by atoms with Crippen molar-refractivity contribution in [1.29, 1.82) is 0 Å². The van der Waals surface area contributed by atoms with Crippen molar-refractivity contribution >= 4 is 23.6 Å². The molecule has 0 spiro atoms. The van der Waals surface area contributed by atoms with Gasteiger partial charge in [0, 0.05) is 14.1 Å². The lowest BCUT2D eigenvalue weighted by Crippen LogP contribution is -2.42. The number of carbonyl (C=O) groups is 1. The molecule has 23 heavy (non-hydrogen) atoms. The molecule has 0 aliphatic carbocycles. The molecule has 0 aromatic carbocycles. The van der Waals surface area contributed by atoms with E-state index in [1.807, 2.05) is 0 Å².